The van der Waals surface area contributed by atoms with Gasteiger partial charge >= 0.3 is 0 Å². The van der Waals surface area contributed by atoms with Gasteiger partial charge in [-0.1, -0.05) is 169 Å². The maximum absolute atomic E-state index is 2.47. The molecule has 0 aliphatic heterocycles. The third-order valence-electron chi connectivity index (χ3n) is 6.71. The first-order chi connectivity index (χ1) is 14.0. The summed E-state index contributed by atoms with van der Waals surface area (Å²) in [6, 6.07) is 0. The van der Waals surface area contributed by atoms with E-state index in [1.54, 1.807) is 0 Å². The molecule has 1 atom stereocenters. The van der Waals surface area contributed by atoms with Gasteiger partial charge in [0.05, 0.1) is 0 Å². The average Bonchev–Trinajstić information content (AvgIpc) is 2.67. The molecule has 0 radical (unpaired) electrons. The quantitative estimate of drug-likeness (QED) is 0.147. The summed E-state index contributed by atoms with van der Waals surface area (Å²) < 4.78 is 0. The first-order valence-corrected chi connectivity index (χ1v) is 14.0. The van der Waals surface area contributed by atoms with Crippen molar-refractivity contribution in [3.05, 3.63) is 0 Å². The van der Waals surface area contributed by atoms with Crippen LogP contribution in [0.15, 0.2) is 0 Å². The summed E-state index contributed by atoms with van der Waals surface area (Å²) >= 11 is 0. The van der Waals surface area contributed by atoms with E-state index in [2.05, 4.69) is 34.6 Å². The van der Waals surface area contributed by atoms with E-state index >= 15 is 0 Å². The standard InChI is InChI=1S/C29H60/c1-27(2)23-19-17-15-13-11-9-7-6-8-10-12-14-16-18-20-25-29(5)26-22-21-24-28(3)4/h27-29H,6-26H2,1-5H3. The van der Waals surface area contributed by atoms with Crippen LogP contribution in [0.25, 0.3) is 0 Å². The minimum Gasteiger partial charge on any atom is -0.0628 e. The molecule has 0 spiro atoms. The molecule has 0 aliphatic carbocycles. The van der Waals surface area contributed by atoms with E-state index < -0.39 is 0 Å². The first-order valence-electron chi connectivity index (χ1n) is 14.0. The Kier molecular flexibility index (Phi) is 22.7. The molecule has 0 saturated carbocycles. The lowest BCUT2D eigenvalue weighted by molar-refractivity contribution is 0.422. The Hall–Kier alpha value is 0. The molecule has 176 valence electrons. The number of rotatable bonds is 23. The fourth-order valence-corrected chi connectivity index (χ4v) is 4.53. The highest BCUT2D eigenvalue weighted by atomic mass is 14.1. The van der Waals surface area contributed by atoms with Crippen LogP contribution in [-0.2, 0) is 0 Å². The molecule has 0 heteroatoms. The molecule has 0 amide bonds. The molecule has 1 unspecified atom stereocenters. The molecule has 0 bridgehead atoms. The normalized spacial score (nSPS) is 12.9. The molecule has 0 saturated heterocycles. The largest absolute Gasteiger partial charge is 0.0628 e. The maximum atomic E-state index is 2.47. The predicted octanol–water partition coefficient (Wildman–Crippen LogP) is 11.1. The molecule has 0 aliphatic rings. The van der Waals surface area contributed by atoms with Crippen LogP contribution in [0.3, 0.4) is 0 Å². The number of hydrogen-bond donors (Lipinski definition) is 0. The first kappa shape index (κ1) is 29.0. The van der Waals surface area contributed by atoms with Crippen LogP contribution in [0.5, 0.6) is 0 Å². The zero-order valence-corrected chi connectivity index (χ0v) is 21.6. The predicted molar refractivity (Wildman–Crippen MR) is 136 cm³/mol. The SMILES string of the molecule is CC(C)CCCCCCCCCCCCCCCCCC(C)CCCCC(C)C. The van der Waals surface area contributed by atoms with Gasteiger partial charge in [-0.05, 0) is 17.8 Å². The van der Waals surface area contributed by atoms with Crippen molar-refractivity contribution >= 4 is 0 Å². The Morgan fingerprint density at radius 2 is 0.483 bits per heavy atom. The van der Waals surface area contributed by atoms with E-state index in [-0.39, 0.29) is 0 Å². The smallest absolute Gasteiger partial charge is 0.0443 e. The van der Waals surface area contributed by atoms with Crippen LogP contribution < -0.4 is 0 Å². The number of unbranched alkanes of at least 4 members (excludes halogenated alkanes) is 15. The Morgan fingerprint density at radius 3 is 0.793 bits per heavy atom. The summed E-state index contributed by atoms with van der Waals surface area (Å²) in [7, 11) is 0. The molecule has 0 heterocycles. The molecule has 0 rings (SSSR count). The van der Waals surface area contributed by atoms with Gasteiger partial charge in [0.1, 0.15) is 0 Å². The van der Waals surface area contributed by atoms with Gasteiger partial charge in [0.25, 0.3) is 0 Å². The summed E-state index contributed by atoms with van der Waals surface area (Å²) in [4.78, 5) is 0. The molecule has 29 heavy (non-hydrogen) atoms. The molecule has 0 nitrogen and oxygen atoms in total. The molecule has 0 aromatic heterocycles. The zero-order valence-electron chi connectivity index (χ0n) is 21.6. The van der Waals surface area contributed by atoms with Crippen molar-refractivity contribution in [3.63, 3.8) is 0 Å². The topological polar surface area (TPSA) is 0 Å². The van der Waals surface area contributed by atoms with Crippen LogP contribution in [0.4, 0.5) is 0 Å². The minimum atomic E-state index is 0.888. The molecule has 0 fully saturated rings. The van der Waals surface area contributed by atoms with E-state index in [0.717, 1.165) is 17.8 Å². The van der Waals surface area contributed by atoms with E-state index in [4.69, 9.17) is 0 Å². The van der Waals surface area contributed by atoms with Crippen molar-refractivity contribution in [2.24, 2.45) is 17.8 Å². The van der Waals surface area contributed by atoms with E-state index in [0.29, 0.717) is 0 Å². The lowest BCUT2D eigenvalue weighted by atomic mass is 9.95. The second kappa shape index (κ2) is 22.7. The third-order valence-corrected chi connectivity index (χ3v) is 6.71. The highest BCUT2D eigenvalue weighted by Gasteiger charge is 2.03. The molecule has 0 N–H and O–H groups in total. The second-order valence-corrected chi connectivity index (χ2v) is 11.1. The Labute approximate surface area is 187 Å². The van der Waals surface area contributed by atoms with Crippen LogP contribution in [-0.4, -0.2) is 0 Å². The van der Waals surface area contributed by atoms with E-state index in [1.165, 1.54) is 135 Å². The summed E-state index contributed by atoms with van der Waals surface area (Å²) in [5, 5.41) is 0. The highest BCUT2D eigenvalue weighted by Crippen LogP contribution is 2.19. The van der Waals surface area contributed by atoms with E-state index in [1.807, 2.05) is 0 Å². The zero-order chi connectivity index (χ0) is 21.6. The maximum Gasteiger partial charge on any atom is -0.0443 e. The average molecular weight is 409 g/mol. The van der Waals surface area contributed by atoms with Crippen LogP contribution in [0.1, 0.15) is 169 Å². The monoisotopic (exact) mass is 408 g/mol. The Bertz CT molecular complexity index is 290. The fourth-order valence-electron chi connectivity index (χ4n) is 4.53. The van der Waals surface area contributed by atoms with Crippen molar-refractivity contribution in [2.75, 3.05) is 0 Å². The van der Waals surface area contributed by atoms with Gasteiger partial charge in [0, 0.05) is 0 Å². The van der Waals surface area contributed by atoms with Gasteiger partial charge in [-0.2, -0.15) is 0 Å². The van der Waals surface area contributed by atoms with Crippen LogP contribution in [0, 0.1) is 17.8 Å². The van der Waals surface area contributed by atoms with Crippen LogP contribution >= 0.6 is 0 Å². The summed E-state index contributed by atoms with van der Waals surface area (Å²) in [6.07, 6.45) is 30.9. The number of hydrogen-bond acceptors (Lipinski definition) is 0. The third kappa shape index (κ3) is 26.0. The van der Waals surface area contributed by atoms with Gasteiger partial charge in [-0.3, -0.25) is 0 Å². The Morgan fingerprint density at radius 1 is 0.276 bits per heavy atom. The second-order valence-electron chi connectivity index (χ2n) is 11.1. The lowest BCUT2D eigenvalue weighted by Crippen LogP contribution is -1.96. The lowest BCUT2D eigenvalue weighted by Gasteiger charge is -2.11. The summed E-state index contributed by atoms with van der Waals surface area (Å²) in [6.45, 7) is 11.9. The Balaban J connectivity index is 3.11. The minimum absolute atomic E-state index is 0.888. The van der Waals surface area contributed by atoms with E-state index in [9.17, 15) is 0 Å². The molecule has 0 aromatic rings. The van der Waals surface area contributed by atoms with Crippen molar-refractivity contribution in [1.29, 1.82) is 0 Å². The van der Waals surface area contributed by atoms with Crippen molar-refractivity contribution in [3.8, 4) is 0 Å². The van der Waals surface area contributed by atoms with Gasteiger partial charge in [-0.15, -0.1) is 0 Å². The van der Waals surface area contributed by atoms with Crippen LogP contribution in [0.2, 0.25) is 0 Å². The molecular weight excluding hydrogens is 348 g/mol. The van der Waals surface area contributed by atoms with Crippen molar-refractivity contribution in [2.45, 2.75) is 169 Å². The summed E-state index contributed by atoms with van der Waals surface area (Å²) in [5.74, 6) is 2.75. The van der Waals surface area contributed by atoms with Crippen molar-refractivity contribution in [1.82, 2.24) is 0 Å². The van der Waals surface area contributed by atoms with Gasteiger partial charge < -0.3 is 0 Å². The fraction of sp³-hybridized carbons (Fsp3) is 1.00. The van der Waals surface area contributed by atoms with Gasteiger partial charge in [0.2, 0.25) is 0 Å². The van der Waals surface area contributed by atoms with Crippen molar-refractivity contribution < 1.29 is 0 Å². The molecule has 0 aromatic carbocycles. The van der Waals surface area contributed by atoms with Gasteiger partial charge in [0.15, 0.2) is 0 Å². The highest BCUT2D eigenvalue weighted by molar-refractivity contribution is 4.56. The summed E-state index contributed by atoms with van der Waals surface area (Å²) in [5.41, 5.74) is 0. The molecular formula is C29H60. The van der Waals surface area contributed by atoms with Gasteiger partial charge in [-0.25, -0.2) is 0 Å².